The number of hydrogen-bond acceptors (Lipinski definition) is 3. The number of carboxylic acid groups (broad SMARTS) is 1. The van der Waals surface area contributed by atoms with Crippen molar-refractivity contribution in [1.82, 2.24) is 5.32 Å². The zero-order chi connectivity index (χ0) is 13.1. The second-order valence-corrected chi connectivity index (χ2v) is 4.80. The molecule has 0 aromatic rings. The molecule has 0 heterocycles. The first-order chi connectivity index (χ1) is 7.91. The topological polar surface area (TPSA) is 92.4 Å². The standard InChI is InChI=1S/C12H20N2O3/c1-3-5-8(10(15)16)14-11(17)12(2)7-4-6-9(12)13/h3,8-9H,1,4-7,13H2,2H3,(H,14,17)(H,15,16). The van der Waals surface area contributed by atoms with Crippen LogP contribution in [0.1, 0.15) is 32.6 Å². The Balaban J connectivity index is 2.70. The number of rotatable bonds is 5. The Bertz CT molecular complexity index is 330. The lowest BCUT2D eigenvalue weighted by molar-refractivity contribution is -0.143. The van der Waals surface area contributed by atoms with Crippen molar-refractivity contribution in [3.63, 3.8) is 0 Å². The second-order valence-electron chi connectivity index (χ2n) is 4.80. The van der Waals surface area contributed by atoms with Crippen LogP contribution in [0, 0.1) is 5.41 Å². The Kier molecular flexibility index (Phi) is 4.28. The lowest BCUT2D eigenvalue weighted by Gasteiger charge is -2.29. The molecule has 1 aliphatic rings. The third kappa shape index (κ3) is 2.85. The minimum atomic E-state index is -1.05. The summed E-state index contributed by atoms with van der Waals surface area (Å²) < 4.78 is 0. The summed E-state index contributed by atoms with van der Waals surface area (Å²) in [7, 11) is 0. The molecule has 0 aliphatic heterocycles. The first-order valence-electron chi connectivity index (χ1n) is 5.82. The maximum atomic E-state index is 12.1. The van der Waals surface area contributed by atoms with E-state index in [0.717, 1.165) is 12.8 Å². The summed E-state index contributed by atoms with van der Waals surface area (Å²) in [6.45, 7) is 5.28. The minimum absolute atomic E-state index is 0.194. The molecular formula is C12H20N2O3. The highest BCUT2D eigenvalue weighted by molar-refractivity contribution is 5.88. The molecule has 5 heteroatoms. The van der Waals surface area contributed by atoms with Crippen molar-refractivity contribution >= 4 is 11.9 Å². The van der Waals surface area contributed by atoms with Gasteiger partial charge < -0.3 is 16.2 Å². The van der Waals surface area contributed by atoms with Gasteiger partial charge in [0.1, 0.15) is 6.04 Å². The zero-order valence-electron chi connectivity index (χ0n) is 10.1. The average Bonchev–Trinajstić information content (AvgIpc) is 2.59. The van der Waals surface area contributed by atoms with E-state index in [-0.39, 0.29) is 18.4 Å². The van der Waals surface area contributed by atoms with Crippen LogP contribution >= 0.6 is 0 Å². The van der Waals surface area contributed by atoms with E-state index < -0.39 is 17.4 Å². The van der Waals surface area contributed by atoms with Crippen molar-refractivity contribution in [3.05, 3.63) is 12.7 Å². The van der Waals surface area contributed by atoms with E-state index >= 15 is 0 Å². The summed E-state index contributed by atoms with van der Waals surface area (Å²) in [5.74, 6) is -1.31. The third-order valence-corrected chi connectivity index (χ3v) is 3.55. The van der Waals surface area contributed by atoms with E-state index in [0.29, 0.717) is 6.42 Å². The van der Waals surface area contributed by atoms with Gasteiger partial charge in [-0.15, -0.1) is 6.58 Å². The van der Waals surface area contributed by atoms with Crippen molar-refractivity contribution in [1.29, 1.82) is 0 Å². The molecule has 1 rings (SSSR count). The maximum absolute atomic E-state index is 12.1. The summed E-state index contributed by atoms with van der Waals surface area (Å²) in [6, 6.07) is -1.11. The van der Waals surface area contributed by atoms with Crippen LogP contribution in [0.15, 0.2) is 12.7 Å². The molecule has 0 bridgehead atoms. The fourth-order valence-electron chi connectivity index (χ4n) is 2.19. The van der Waals surface area contributed by atoms with E-state index in [9.17, 15) is 9.59 Å². The van der Waals surface area contributed by atoms with Crippen LogP contribution in [0.25, 0.3) is 0 Å². The van der Waals surface area contributed by atoms with Crippen LogP contribution in [0.4, 0.5) is 0 Å². The van der Waals surface area contributed by atoms with Crippen LogP contribution in [-0.2, 0) is 9.59 Å². The quantitative estimate of drug-likeness (QED) is 0.615. The van der Waals surface area contributed by atoms with Gasteiger partial charge in [-0.1, -0.05) is 12.5 Å². The van der Waals surface area contributed by atoms with Crippen molar-refractivity contribution in [2.45, 2.75) is 44.7 Å². The molecule has 5 nitrogen and oxygen atoms in total. The largest absolute Gasteiger partial charge is 0.480 e. The Morgan fingerprint density at radius 1 is 1.71 bits per heavy atom. The number of aliphatic carboxylic acids is 1. The van der Waals surface area contributed by atoms with Crippen molar-refractivity contribution in [2.75, 3.05) is 0 Å². The molecule has 1 fully saturated rings. The number of carbonyl (C=O) groups is 2. The Morgan fingerprint density at radius 2 is 2.35 bits per heavy atom. The molecule has 0 spiro atoms. The van der Waals surface area contributed by atoms with Gasteiger partial charge in [0.25, 0.3) is 0 Å². The lowest BCUT2D eigenvalue weighted by Crippen LogP contribution is -2.52. The smallest absolute Gasteiger partial charge is 0.326 e. The molecule has 3 atom stereocenters. The highest BCUT2D eigenvalue weighted by Gasteiger charge is 2.43. The van der Waals surface area contributed by atoms with Gasteiger partial charge in [-0.25, -0.2) is 4.79 Å². The molecule has 1 aliphatic carbocycles. The van der Waals surface area contributed by atoms with E-state index in [1.54, 1.807) is 6.92 Å². The van der Waals surface area contributed by atoms with Crippen LogP contribution in [0.5, 0.6) is 0 Å². The normalized spacial score (nSPS) is 29.6. The van der Waals surface area contributed by atoms with Crippen molar-refractivity contribution < 1.29 is 14.7 Å². The van der Waals surface area contributed by atoms with Gasteiger partial charge >= 0.3 is 5.97 Å². The van der Waals surface area contributed by atoms with E-state index in [2.05, 4.69) is 11.9 Å². The molecule has 0 saturated heterocycles. The van der Waals surface area contributed by atoms with Gasteiger partial charge in [0.2, 0.25) is 5.91 Å². The molecular weight excluding hydrogens is 220 g/mol. The predicted molar refractivity (Wildman–Crippen MR) is 64.3 cm³/mol. The molecule has 0 radical (unpaired) electrons. The Hall–Kier alpha value is -1.36. The highest BCUT2D eigenvalue weighted by atomic mass is 16.4. The SMILES string of the molecule is C=CCC(NC(=O)C1(C)CCCC1N)C(=O)O. The Morgan fingerprint density at radius 3 is 2.76 bits per heavy atom. The maximum Gasteiger partial charge on any atom is 0.326 e. The fraction of sp³-hybridized carbons (Fsp3) is 0.667. The number of nitrogens with two attached hydrogens (primary N) is 1. The van der Waals surface area contributed by atoms with Crippen LogP contribution < -0.4 is 11.1 Å². The molecule has 17 heavy (non-hydrogen) atoms. The Labute approximate surface area is 101 Å². The van der Waals surface area contributed by atoms with Gasteiger partial charge in [-0.2, -0.15) is 0 Å². The van der Waals surface area contributed by atoms with Crippen molar-refractivity contribution in [3.8, 4) is 0 Å². The van der Waals surface area contributed by atoms with Gasteiger partial charge in [0.05, 0.1) is 5.41 Å². The molecule has 96 valence electrons. The van der Waals surface area contributed by atoms with E-state index in [4.69, 9.17) is 10.8 Å². The first-order valence-corrected chi connectivity index (χ1v) is 5.82. The third-order valence-electron chi connectivity index (χ3n) is 3.55. The number of hydrogen-bond donors (Lipinski definition) is 3. The molecule has 1 amide bonds. The zero-order valence-corrected chi connectivity index (χ0v) is 10.1. The van der Waals surface area contributed by atoms with Crippen LogP contribution in [0.3, 0.4) is 0 Å². The summed E-state index contributed by atoms with van der Waals surface area (Å²) in [5.41, 5.74) is 5.27. The molecule has 0 aromatic heterocycles. The van der Waals surface area contributed by atoms with E-state index in [1.165, 1.54) is 6.08 Å². The van der Waals surface area contributed by atoms with Gasteiger partial charge in [0, 0.05) is 6.04 Å². The van der Waals surface area contributed by atoms with Crippen LogP contribution in [-0.4, -0.2) is 29.1 Å². The highest BCUT2D eigenvalue weighted by Crippen LogP contribution is 2.36. The summed E-state index contributed by atoms with van der Waals surface area (Å²) in [4.78, 5) is 23.0. The summed E-state index contributed by atoms with van der Waals surface area (Å²) in [6.07, 6.45) is 4.12. The lowest BCUT2D eigenvalue weighted by atomic mass is 9.84. The molecule has 1 saturated carbocycles. The molecule has 4 N–H and O–H groups in total. The van der Waals surface area contributed by atoms with E-state index in [1.807, 2.05) is 0 Å². The monoisotopic (exact) mass is 240 g/mol. The number of amides is 1. The number of carboxylic acids is 1. The summed E-state index contributed by atoms with van der Waals surface area (Å²) >= 11 is 0. The molecule has 3 unspecified atom stereocenters. The number of nitrogens with one attached hydrogen (secondary N) is 1. The van der Waals surface area contributed by atoms with Crippen molar-refractivity contribution in [2.24, 2.45) is 11.1 Å². The van der Waals surface area contributed by atoms with Gasteiger partial charge in [0.15, 0.2) is 0 Å². The average molecular weight is 240 g/mol. The predicted octanol–water partition coefficient (Wildman–Crippen LogP) is 0.649. The van der Waals surface area contributed by atoms with Gasteiger partial charge in [-0.05, 0) is 26.2 Å². The first kappa shape index (κ1) is 13.7. The fourth-order valence-corrected chi connectivity index (χ4v) is 2.19. The minimum Gasteiger partial charge on any atom is -0.480 e. The summed E-state index contributed by atoms with van der Waals surface area (Å²) in [5, 5.41) is 11.5. The molecule has 0 aromatic carbocycles. The number of carbonyl (C=O) groups excluding carboxylic acids is 1. The van der Waals surface area contributed by atoms with Crippen LogP contribution in [0.2, 0.25) is 0 Å². The van der Waals surface area contributed by atoms with Gasteiger partial charge in [-0.3, -0.25) is 4.79 Å². The second kappa shape index (κ2) is 5.31.